The van der Waals surface area contributed by atoms with E-state index < -0.39 is 23.0 Å². The van der Waals surface area contributed by atoms with Gasteiger partial charge >= 0.3 is 5.69 Å². The molecule has 2 aromatic heterocycles. The van der Waals surface area contributed by atoms with Gasteiger partial charge in [0.2, 0.25) is 11.5 Å². The summed E-state index contributed by atoms with van der Waals surface area (Å²) in [6.45, 7) is -0.360. The minimum absolute atomic E-state index is 0.00899. The second-order valence-electron chi connectivity index (χ2n) is 7.58. The molecule has 0 saturated heterocycles. The van der Waals surface area contributed by atoms with E-state index in [9.17, 15) is 18.8 Å². The Morgan fingerprint density at radius 3 is 2.45 bits per heavy atom. The molecule has 0 saturated carbocycles. The maximum absolute atomic E-state index is 13.5. The first kappa shape index (κ1) is 20.4. The number of carbonyl (C=O) groups is 1. The molecule has 0 spiro atoms. The summed E-state index contributed by atoms with van der Waals surface area (Å²) in [6, 6.07) is 21.5. The predicted octanol–water partition coefficient (Wildman–Crippen LogP) is 3.74. The summed E-state index contributed by atoms with van der Waals surface area (Å²) < 4.78 is 21.6. The standard InChI is InChI=1S/C25H18FN3O4/c26-17-9-6-10-18(13-17)27-21(30)15-28-22-19-11-4-5-12-20(19)33-23(22)24(31)29(25(28)32)14-16-7-2-1-3-8-16/h1-13H,14-15H2,(H,27,30). The molecule has 0 aliphatic carbocycles. The van der Waals surface area contributed by atoms with Crippen LogP contribution in [0.15, 0.2) is 92.9 Å². The van der Waals surface area contributed by atoms with Crippen LogP contribution in [0.2, 0.25) is 0 Å². The number of hydrogen-bond acceptors (Lipinski definition) is 4. The van der Waals surface area contributed by atoms with Crippen molar-refractivity contribution in [1.82, 2.24) is 9.13 Å². The van der Waals surface area contributed by atoms with Crippen LogP contribution in [0.3, 0.4) is 0 Å². The maximum atomic E-state index is 13.5. The molecule has 1 amide bonds. The van der Waals surface area contributed by atoms with Crippen LogP contribution in [0, 0.1) is 5.82 Å². The van der Waals surface area contributed by atoms with Gasteiger partial charge in [0.15, 0.2) is 0 Å². The van der Waals surface area contributed by atoms with E-state index in [1.807, 2.05) is 18.2 Å². The van der Waals surface area contributed by atoms with Gasteiger partial charge in [0.25, 0.3) is 5.56 Å². The van der Waals surface area contributed by atoms with E-state index in [1.54, 1.807) is 42.5 Å². The summed E-state index contributed by atoms with van der Waals surface area (Å²) >= 11 is 0. The second-order valence-corrected chi connectivity index (χ2v) is 7.58. The van der Waals surface area contributed by atoms with Crippen LogP contribution < -0.4 is 16.6 Å². The van der Waals surface area contributed by atoms with Gasteiger partial charge in [-0.05, 0) is 35.9 Å². The number of fused-ring (bicyclic) bond motifs is 3. The number of halogens is 1. The smallest absolute Gasteiger partial charge is 0.332 e. The summed E-state index contributed by atoms with van der Waals surface area (Å²) in [5, 5.41) is 3.14. The highest BCUT2D eigenvalue weighted by molar-refractivity contribution is 6.03. The fraction of sp³-hybridized carbons (Fsp3) is 0.0800. The molecule has 0 aliphatic rings. The van der Waals surface area contributed by atoms with E-state index in [1.165, 1.54) is 22.8 Å². The zero-order chi connectivity index (χ0) is 22.9. The lowest BCUT2D eigenvalue weighted by molar-refractivity contribution is -0.116. The Kier molecular flexibility index (Phi) is 5.10. The van der Waals surface area contributed by atoms with Crippen LogP contribution in [0.4, 0.5) is 10.1 Å². The number of furan rings is 1. The van der Waals surface area contributed by atoms with Crippen molar-refractivity contribution in [1.29, 1.82) is 0 Å². The molecule has 2 heterocycles. The molecule has 3 aromatic carbocycles. The Bertz CT molecular complexity index is 1620. The van der Waals surface area contributed by atoms with E-state index in [4.69, 9.17) is 4.42 Å². The lowest BCUT2D eigenvalue weighted by Gasteiger charge is -2.12. The fourth-order valence-corrected chi connectivity index (χ4v) is 3.86. The monoisotopic (exact) mass is 443 g/mol. The molecule has 0 radical (unpaired) electrons. The number of amides is 1. The van der Waals surface area contributed by atoms with Crippen LogP contribution in [0.25, 0.3) is 22.1 Å². The predicted molar refractivity (Wildman–Crippen MR) is 123 cm³/mol. The zero-order valence-electron chi connectivity index (χ0n) is 17.3. The van der Waals surface area contributed by atoms with Gasteiger partial charge in [-0.15, -0.1) is 0 Å². The van der Waals surface area contributed by atoms with Gasteiger partial charge in [-0.25, -0.2) is 9.18 Å². The third-order valence-electron chi connectivity index (χ3n) is 5.33. The van der Waals surface area contributed by atoms with Crippen molar-refractivity contribution in [3.05, 3.63) is 111 Å². The lowest BCUT2D eigenvalue weighted by atomic mass is 10.2. The van der Waals surface area contributed by atoms with Crippen LogP contribution in [0.5, 0.6) is 0 Å². The maximum Gasteiger partial charge on any atom is 0.332 e. The molecule has 0 atom stereocenters. The van der Waals surface area contributed by atoms with Gasteiger partial charge in [0.05, 0.1) is 6.54 Å². The largest absolute Gasteiger partial charge is 0.449 e. The number of hydrogen-bond donors (Lipinski definition) is 1. The van der Waals surface area contributed by atoms with Gasteiger partial charge in [0.1, 0.15) is 23.5 Å². The average molecular weight is 443 g/mol. The van der Waals surface area contributed by atoms with Gasteiger partial charge in [0, 0.05) is 11.1 Å². The van der Waals surface area contributed by atoms with Crippen LogP contribution in [-0.4, -0.2) is 15.0 Å². The first-order valence-corrected chi connectivity index (χ1v) is 10.3. The summed E-state index contributed by atoms with van der Waals surface area (Å²) in [6.07, 6.45) is 0. The molecule has 7 nitrogen and oxygen atoms in total. The molecule has 164 valence electrons. The van der Waals surface area contributed by atoms with E-state index in [0.29, 0.717) is 11.0 Å². The minimum atomic E-state index is -0.641. The SMILES string of the molecule is O=C(Cn1c(=O)n(Cc2ccccc2)c(=O)c2oc3ccccc3c21)Nc1cccc(F)c1. The minimum Gasteiger partial charge on any atom is -0.449 e. The number of nitrogens with zero attached hydrogens (tertiary/aromatic N) is 2. The average Bonchev–Trinajstić information content (AvgIpc) is 3.20. The Morgan fingerprint density at radius 1 is 0.909 bits per heavy atom. The molecule has 1 N–H and O–H groups in total. The van der Waals surface area contributed by atoms with E-state index in [0.717, 1.165) is 10.1 Å². The van der Waals surface area contributed by atoms with Crippen molar-refractivity contribution < 1.29 is 13.6 Å². The third kappa shape index (κ3) is 3.82. The number of nitrogens with one attached hydrogen (secondary N) is 1. The summed E-state index contributed by atoms with van der Waals surface area (Å²) in [5.41, 5.74) is 0.473. The highest BCUT2D eigenvalue weighted by Crippen LogP contribution is 2.25. The van der Waals surface area contributed by atoms with Crippen molar-refractivity contribution in [2.75, 3.05) is 5.32 Å². The Labute approximate surface area is 186 Å². The van der Waals surface area contributed by atoms with Gasteiger partial charge in [-0.2, -0.15) is 0 Å². The molecule has 0 aliphatic heterocycles. The number of carbonyl (C=O) groups excluding carboxylic acids is 1. The Morgan fingerprint density at radius 2 is 1.67 bits per heavy atom. The molecular weight excluding hydrogens is 425 g/mol. The molecule has 5 aromatic rings. The van der Waals surface area contributed by atoms with Crippen molar-refractivity contribution in [2.24, 2.45) is 0 Å². The molecule has 0 bridgehead atoms. The fourth-order valence-electron chi connectivity index (χ4n) is 3.86. The molecule has 0 fully saturated rings. The highest BCUT2D eigenvalue weighted by atomic mass is 19.1. The molecule has 5 rings (SSSR count). The topological polar surface area (TPSA) is 86.2 Å². The van der Waals surface area contributed by atoms with Crippen molar-refractivity contribution in [2.45, 2.75) is 13.1 Å². The van der Waals surface area contributed by atoms with Gasteiger partial charge in [-0.1, -0.05) is 48.5 Å². The molecule has 33 heavy (non-hydrogen) atoms. The second kappa shape index (κ2) is 8.23. The Hall–Kier alpha value is -4.46. The lowest BCUT2D eigenvalue weighted by Crippen LogP contribution is -2.41. The highest BCUT2D eigenvalue weighted by Gasteiger charge is 2.21. The van der Waals surface area contributed by atoms with E-state index in [-0.39, 0.29) is 29.9 Å². The normalized spacial score (nSPS) is 11.2. The van der Waals surface area contributed by atoms with Gasteiger partial charge < -0.3 is 9.73 Å². The van der Waals surface area contributed by atoms with Crippen molar-refractivity contribution in [3.63, 3.8) is 0 Å². The number of benzene rings is 3. The molecular formula is C25H18FN3O4. The summed E-state index contributed by atoms with van der Waals surface area (Å²) in [7, 11) is 0. The zero-order valence-corrected chi connectivity index (χ0v) is 17.3. The van der Waals surface area contributed by atoms with Crippen molar-refractivity contribution in [3.8, 4) is 0 Å². The first-order chi connectivity index (χ1) is 16.0. The third-order valence-corrected chi connectivity index (χ3v) is 5.33. The summed E-state index contributed by atoms with van der Waals surface area (Å²) in [5.74, 6) is -1.04. The van der Waals surface area contributed by atoms with E-state index in [2.05, 4.69) is 5.32 Å². The van der Waals surface area contributed by atoms with Crippen LogP contribution in [-0.2, 0) is 17.9 Å². The molecule has 0 unspecified atom stereocenters. The number of aromatic nitrogens is 2. The molecule has 8 heteroatoms. The van der Waals surface area contributed by atoms with Crippen molar-refractivity contribution >= 4 is 33.7 Å². The van der Waals surface area contributed by atoms with Gasteiger partial charge in [-0.3, -0.25) is 18.7 Å². The number of para-hydroxylation sites is 1. The number of rotatable bonds is 5. The first-order valence-electron chi connectivity index (χ1n) is 10.3. The van der Waals surface area contributed by atoms with Crippen LogP contribution >= 0.6 is 0 Å². The number of anilines is 1. The van der Waals surface area contributed by atoms with Crippen LogP contribution in [0.1, 0.15) is 5.56 Å². The van der Waals surface area contributed by atoms with E-state index >= 15 is 0 Å². The summed E-state index contributed by atoms with van der Waals surface area (Å²) in [4.78, 5) is 39.4. The Balaban J connectivity index is 1.66. The quantitative estimate of drug-likeness (QED) is 0.449.